The van der Waals surface area contributed by atoms with Crippen molar-refractivity contribution in [2.24, 2.45) is 0 Å². The Labute approximate surface area is 119 Å². The number of carbonyl (C=O) groups excluding carboxylic acids is 2. The molecule has 1 fully saturated rings. The van der Waals surface area contributed by atoms with E-state index in [1.165, 1.54) is 0 Å². The van der Waals surface area contributed by atoms with Gasteiger partial charge in [-0.2, -0.15) is 0 Å². The maximum absolute atomic E-state index is 12.0. The van der Waals surface area contributed by atoms with Crippen molar-refractivity contribution >= 4 is 17.4 Å². The smallest absolute Gasteiger partial charge is 0.223 e. The third-order valence-electron chi connectivity index (χ3n) is 3.65. The monoisotopic (exact) mass is 275 g/mol. The van der Waals surface area contributed by atoms with Crippen molar-refractivity contribution < 1.29 is 9.59 Å². The van der Waals surface area contributed by atoms with Crippen LogP contribution in [0.15, 0.2) is 24.3 Å². The average molecular weight is 275 g/mol. The first-order valence-corrected chi connectivity index (χ1v) is 6.91. The molecule has 20 heavy (non-hydrogen) atoms. The van der Waals surface area contributed by atoms with Crippen LogP contribution in [-0.4, -0.2) is 54.7 Å². The fourth-order valence-corrected chi connectivity index (χ4v) is 2.25. The van der Waals surface area contributed by atoms with Crippen LogP contribution in [0.1, 0.15) is 23.2 Å². The molecule has 1 aliphatic heterocycles. The lowest BCUT2D eigenvalue weighted by atomic mass is 10.1. The standard InChI is InChI=1S/C15H21N3O2/c1-17-8-10-18(11-9-17)15(20)7-6-14(19)12-2-4-13(16)5-3-12/h2-5H,6-11,16H2,1H3. The number of nitrogen functional groups attached to an aromatic ring is 1. The molecule has 5 heteroatoms. The van der Waals surface area contributed by atoms with Gasteiger partial charge in [0, 0.05) is 50.3 Å². The SMILES string of the molecule is CN1CCN(C(=O)CCC(=O)c2ccc(N)cc2)CC1. The number of likely N-dealkylation sites (N-methyl/N-ethyl adjacent to an activating group) is 1. The predicted molar refractivity (Wildman–Crippen MR) is 78.5 cm³/mol. The highest BCUT2D eigenvalue weighted by atomic mass is 16.2. The third-order valence-corrected chi connectivity index (χ3v) is 3.65. The van der Waals surface area contributed by atoms with Crippen molar-refractivity contribution in [2.75, 3.05) is 39.0 Å². The molecule has 1 heterocycles. The Balaban J connectivity index is 1.81. The molecule has 0 aromatic heterocycles. The zero-order valence-corrected chi connectivity index (χ0v) is 11.8. The Bertz CT molecular complexity index is 476. The van der Waals surface area contributed by atoms with Gasteiger partial charge in [-0.05, 0) is 31.3 Å². The van der Waals surface area contributed by atoms with Crippen LogP contribution >= 0.6 is 0 Å². The summed E-state index contributed by atoms with van der Waals surface area (Å²) in [5, 5.41) is 0. The van der Waals surface area contributed by atoms with Crippen LogP contribution in [0.25, 0.3) is 0 Å². The van der Waals surface area contributed by atoms with Gasteiger partial charge in [0.2, 0.25) is 5.91 Å². The minimum Gasteiger partial charge on any atom is -0.399 e. The van der Waals surface area contributed by atoms with Crippen molar-refractivity contribution in [3.63, 3.8) is 0 Å². The van der Waals surface area contributed by atoms with E-state index in [1.807, 2.05) is 11.9 Å². The van der Waals surface area contributed by atoms with E-state index in [0.29, 0.717) is 11.3 Å². The normalized spacial score (nSPS) is 16.1. The Kier molecular flexibility index (Phi) is 4.74. The van der Waals surface area contributed by atoms with E-state index in [-0.39, 0.29) is 24.5 Å². The number of piperazine rings is 1. The fraction of sp³-hybridized carbons (Fsp3) is 0.467. The van der Waals surface area contributed by atoms with Gasteiger partial charge in [0.1, 0.15) is 0 Å². The van der Waals surface area contributed by atoms with E-state index in [4.69, 9.17) is 5.73 Å². The number of benzene rings is 1. The van der Waals surface area contributed by atoms with Crippen molar-refractivity contribution in [2.45, 2.75) is 12.8 Å². The summed E-state index contributed by atoms with van der Waals surface area (Å²) in [5.41, 5.74) is 6.83. The van der Waals surface area contributed by atoms with Crippen LogP contribution in [-0.2, 0) is 4.79 Å². The van der Waals surface area contributed by atoms with Crippen LogP contribution in [0.4, 0.5) is 5.69 Å². The van der Waals surface area contributed by atoms with Gasteiger partial charge in [0.05, 0.1) is 0 Å². The molecule has 0 aliphatic carbocycles. The minimum atomic E-state index is -0.00697. The van der Waals surface area contributed by atoms with Gasteiger partial charge in [-0.15, -0.1) is 0 Å². The first-order valence-electron chi connectivity index (χ1n) is 6.91. The number of amides is 1. The number of hydrogen-bond donors (Lipinski definition) is 1. The molecule has 2 rings (SSSR count). The number of Topliss-reactive ketones (excluding diaryl/α,β-unsaturated/α-hetero) is 1. The number of carbonyl (C=O) groups is 2. The molecule has 1 saturated heterocycles. The number of rotatable bonds is 4. The Morgan fingerprint density at radius 1 is 1.05 bits per heavy atom. The maximum atomic E-state index is 12.0. The van der Waals surface area contributed by atoms with Gasteiger partial charge in [-0.3, -0.25) is 9.59 Å². The molecule has 0 saturated carbocycles. The van der Waals surface area contributed by atoms with Crippen molar-refractivity contribution in [1.82, 2.24) is 9.80 Å². The number of ketones is 1. The van der Waals surface area contributed by atoms with E-state index >= 15 is 0 Å². The van der Waals surface area contributed by atoms with Crippen LogP contribution in [0, 0.1) is 0 Å². The highest BCUT2D eigenvalue weighted by Gasteiger charge is 2.19. The van der Waals surface area contributed by atoms with Crippen molar-refractivity contribution in [3.8, 4) is 0 Å². The highest BCUT2D eigenvalue weighted by molar-refractivity contribution is 5.98. The summed E-state index contributed by atoms with van der Waals surface area (Å²) in [6, 6.07) is 6.82. The van der Waals surface area contributed by atoms with Crippen LogP contribution in [0.2, 0.25) is 0 Å². The molecule has 108 valence electrons. The topological polar surface area (TPSA) is 66.6 Å². The van der Waals surface area contributed by atoms with E-state index in [1.54, 1.807) is 24.3 Å². The molecule has 5 nitrogen and oxygen atoms in total. The molecule has 0 unspecified atom stereocenters. The number of nitrogens with zero attached hydrogens (tertiary/aromatic N) is 2. The zero-order valence-electron chi connectivity index (χ0n) is 11.8. The Morgan fingerprint density at radius 3 is 2.25 bits per heavy atom. The second-order valence-corrected chi connectivity index (χ2v) is 5.23. The summed E-state index contributed by atoms with van der Waals surface area (Å²) in [7, 11) is 2.05. The van der Waals surface area contributed by atoms with Crippen molar-refractivity contribution in [3.05, 3.63) is 29.8 Å². The molecule has 0 radical (unpaired) electrons. The van der Waals surface area contributed by atoms with Crippen molar-refractivity contribution in [1.29, 1.82) is 0 Å². The lowest BCUT2D eigenvalue weighted by Gasteiger charge is -2.32. The molecule has 1 aromatic rings. The summed E-state index contributed by atoms with van der Waals surface area (Å²) < 4.78 is 0. The van der Waals surface area contributed by atoms with Gasteiger partial charge in [0.25, 0.3) is 0 Å². The Morgan fingerprint density at radius 2 is 1.65 bits per heavy atom. The summed E-state index contributed by atoms with van der Waals surface area (Å²) >= 11 is 0. The van der Waals surface area contributed by atoms with Gasteiger partial charge in [-0.1, -0.05) is 0 Å². The van der Waals surface area contributed by atoms with E-state index < -0.39 is 0 Å². The average Bonchev–Trinajstić information content (AvgIpc) is 2.46. The van der Waals surface area contributed by atoms with Crippen LogP contribution in [0.3, 0.4) is 0 Å². The molecule has 0 bridgehead atoms. The van der Waals surface area contributed by atoms with Crippen LogP contribution < -0.4 is 5.73 Å². The third kappa shape index (κ3) is 3.81. The van der Waals surface area contributed by atoms with Crippen LogP contribution in [0.5, 0.6) is 0 Å². The predicted octanol–water partition coefficient (Wildman–Crippen LogP) is 1.01. The molecule has 2 N–H and O–H groups in total. The van der Waals surface area contributed by atoms with Gasteiger partial charge in [-0.25, -0.2) is 0 Å². The molecular formula is C15H21N3O2. The van der Waals surface area contributed by atoms with E-state index in [0.717, 1.165) is 26.2 Å². The first-order chi connectivity index (χ1) is 9.56. The van der Waals surface area contributed by atoms with Gasteiger partial charge < -0.3 is 15.5 Å². The quantitative estimate of drug-likeness (QED) is 0.658. The molecule has 0 spiro atoms. The summed E-state index contributed by atoms with van der Waals surface area (Å²) in [6.07, 6.45) is 0.544. The highest BCUT2D eigenvalue weighted by Crippen LogP contribution is 2.10. The maximum Gasteiger partial charge on any atom is 0.223 e. The molecule has 1 aliphatic rings. The summed E-state index contributed by atoms with van der Waals surface area (Å²) in [4.78, 5) is 28.0. The number of nitrogens with two attached hydrogens (primary N) is 1. The molecular weight excluding hydrogens is 254 g/mol. The molecule has 0 atom stereocenters. The van der Waals surface area contributed by atoms with Gasteiger partial charge in [0.15, 0.2) is 5.78 Å². The fourth-order valence-electron chi connectivity index (χ4n) is 2.25. The molecule has 1 aromatic carbocycles. The first kappa shape index (κ1) is 14.5. The summed E-state index contributed by atoms with van der Waals surface area (Å²) in [6.45, 7) is 3.31. The van der Waals surface area contributed by atoms with Gasteiger partial charge >= 0.3 is 0 Å². The van der Waals surface area contributed by atoms with E-state index in [9.17, 15) is 9.59 Å². The number of hydrogen-bond acceptors (Lipinski definition) is 4. The second-order valence-electron chi connectivity index (χ2n) is 5.23. The lowest BCUT2D eigenvalue weighted by Crippen LogP contribution is -2.47. The Hall–Kier alpha value is -1.88. The number of anilines is 1. The summed E-state index contributed by atoms with van der Waals surface area (Å²) in [5.74, 6) is 0.0642. The molecule has 1 amide bonds. The van der Waals surface area contributed by atoms with E-state index in [2.05, 4.69) is 4.90 Å². The lowest BCUT2D eigenvalue weighted by molar-refractivity contribution is -0.132. The minimum absolute atomic E-state index is 0.00697. The largest absolute Gasteiger partial charge is 0.399 e. The zero-order chi connectivity index (χ0) is 14.5. The second kappa shape index (κ2) is 6.52.